The number of hydrogen-bond acceptors (Lipinski definition) is 4. The highest BCUT2D eigenvalue weighted by Gasteiger charge is 2.19. The maximum atomic E-state index is 12.2. The Kier molecular flexibility index (Phi) is 5.70. The Balaban J connectivity index is 2.01. The molecule has 0 bridgehead atoms. The summed E-state index contributed by atoms with van der Waals surface area (Å²) < 4.78 is 0. The number of primary amides is 1. The summed E-state index contributed by atoms with van der Waals surface area (Å²) in [6.07, 6.45) is 0.123. The van der Waals surface area contributed by atoms with Gasteiger partial charge in [0.05, 0.1) is 19.0 Å². The van der Waals surface area contributed by atoms with Gasteiger partial charge in [-0.1, -0.05) is 24.3 Å². The number of urea groups is 1. The van der Waals surface area contributed by atoms with Crippen LogP contribution < -0.4 is 16.4 Å². The number of rotatable bonds is 6. The zero-order valence-corrected chi connectivity index (χ0v) is 13.9. The van der Waals surface area contributed by atoms with Gasteiger partial charge in [0, 0.05) is 11.1 Å². The molecular formula is C16H20N4O2S. The van der Waals surface area contributed by atoms with Crippen LogP contribution in [0.1, 0.15) is 34.3 Å². The van der Waals surface area contributed by atoms with Gasteiger partial charge in [0.15, 0.2) is 0 Å². The number of carbonyl (C=O) groups is 2. The van der Waals surface area contributed by atoms with Crippen molar-refractivity contribution in [3.8, 4) is 0 Å². The maximum absolute atomic E-state index is 12.2. The Morgan fingerprint density at radius 1 is 1.30 bits per heavy atom. The van der Waals surface area contributed by atoms with Crippen molar-refractivity contribution >= 4 is 23.3 Å². The molecule has 1 atom stereocenters. The summed E-state index contributed by atoms with van der Waals surface area (Å²) in [4.78, 5) is 27.7. The maximum Gasteiger partial charge on any atom is 0.312 e. The first-order valence-corrected chi connectivity index (χ1v) is 8.13. The third-order valence-electron chi connectivity index (χ3n) is 3.37. The van der Waals surface area contributed by atoms with Crippen LogP contribution in [0.3, 0.4) is 0 Å². The summed E-state index contributed by atoms with van der Waals surface area (Å²) in [5.74, 6) is -0.167. The lowest BCUT2D eigenvalue weighted by atomic mass is 9.98. The van der Waals surface area contributed by atoms with Gasteiger partial charge < -0.3 is 16.4 Å². The fraction of sp³-hybridized carbons (Fsp3) is 0.312. The van der Waals surface area contributed by atoms with Crippen LogP contribution in [0.25, 0.3) is 0 Å². The lowest BCUT2D eigenvalue weighted by Crippen LogP contribution is -2.36. The van der Waals surface area contributed by atoms with E-state index in [-0.39, 0.29) is 12.3 Å². The van der Waals surface area contributed by atoms with Gasteiger partial charge in [-0.3, -0.25) is 4.79 Å². The minimum absolute atomic E-state index is 0.123. The number of nitrogens with zero attached hydrogens (tertiary/aromatic N) is 1. The van der Waals surface area contributed by atoms with Gasteiger partial charge in [-0.15, -0.1) is 11.3 Å². The third-order valence-corrected chi connectivity index (χ3v) is 4.34. The fourth-order valence-electron chi connectivity index (χ4n) is 2.30. The zero-order valence-electron chi connectivity index (χ0n) is 13.1. The minimum atomic E-state index is -0.651. The Bertz CT molecular complexity index is 699. The predicted molar refractivity (Wildman–Crippen MR) is 90.0 cm³/mol. The molecule has 0 aliphatic carbocycles. The first-order chi connectivity index (χ1) is 11.0. The van der Waals surface area contributed by atoms with Crippen molar-refractivity contribution in [2.75, 3.05) is 0 Å². The number of aryl methyl sites for hydroxylation is 2. The van der Waals surface area contributed by atoms with Gasteiger partial charge in [0.2, 0.25) is 5.91 Å². The molecule has 0 unspecified atom stereocenters. The van der Waals surface area contributed by atoms with E-state index in [0.717, 1.165) is 21.8 Å². The van der Waals surface area contributed by atoms with Crippen molar-refractivity contribution in [3.05, 3.63) is 51.5 Å². The highest BCUT2D eigenvalue weighted by molar-refractivity contribution is 7.09. The molecule has 6 nitrogen and oxygen atoms in total. The van der Waals surface area contributed by atoms with Gasteiger partial charge in [0.25, 0.3) is 0 Å². The van der Waals surface area contributed by atoms with Crippen LogP contribution in [0, 0.1) is 13.8 Å². The molecule has 1 aromatic carbocycles. The van der Waals surface area contributed by atoms with Crippen molar-refractivity contribution in [1.82, 2.24) is 15.6 Å². The predicted octanol–water partition coefficient (Wildman–Crippen LogP) is 2.18. The number of amides is 3. The third kappa shape index (κ3) is 5.07. The van der Waals surface area contributed by atoms with Crippen LogP contribution in [0.5, 0.6) is 0 Å². The van der Waals surface area contributed by atoms with E-state index in [4.69, 9.17) is 5.73 Å². The first kappa shape index (κ1) is 17.0. The smallest absolute Gasteiger partial charge is 0.312 e. The molecule has 3 amide bonds. The molecule has 23 heavy (non-hydrogen) atoms. The number of carbonyl (C=O) groups excluding carboxylic acids is 2. The van der Waals surface area contributed by atoms with E-state index in [1.54, 1.807) is 0 Å². The molecule has 0 aliphatic heterocycles. The van der Waals surface area contributed by atoms with Crippen molar-refractivity contribution in [1.29, 1.82) is 0 Å². The number of nitrogens with one attached hydrogen (secondary N) is 2. The van der Waals surface area contributed by atoms with E-state index in [1.807, 2.05) is 43.5 Å². The summed E-state index contributed by atoms with van der Waals surface area (Å²) in [6, 6.07) is 6.49. The number of thiazole rings is 1. The normalized spacial score (nSPS) is 11.7. The Labute approximate surface area is 139 Å². The van der Waals surface area contributed by atoms with Crippen LogP contribution >= 0.6 is 11.3 Å². The highest BCUT2D eigenvalue weighted by atomic mass is 32.1. The molecule has 0 spiro atoms. The van der Waals surface area contributed by atoms with E-state index in [9.17, 15) is 9.59 Å². The lowest BCUT2D eigenvalue weighted by molar-refractivity contribution is -0.121. The first-order valence-electron chi connectivity index (χ1n) is 7.25. The number of nitrogens with two attached hydrogens (primary N) is 1. The minimum Gasteiger partial charge on any atom is -0.352 e. The molecule has 7 heteroatoms. The highest BCUT2D eigenvalue weighted by Crippen LogP contribution is 2.20. The van der Waals surface area contributed by atoms with Crippen molar-refractivity contribution in [2.45, 2.75) is 32.9 Å². The van der Waals surface area contributed by atoms with Crippen molar-refractivity contribution in [2.24, 2.45) is 5.73 Å². The molecule has 4 N–H and O–H groups in total. The van der Waals surface area contributed by atoms with Crippen LogP contribution in [0.2, 0.25) is 0 Å². The van der Waals surface area contributed by atoms with E-state index < -0.39 is 12.1 Å². The molecule has 122 valence electrons. The molecule has 2 aromatic rings. The SMILES string of the molecule is Cc1csc(CNC(=O)C[C@@H](NC(N)=O)c2ccccc2C)n1. The second kappa shape index (κ2) is 7.73. The Hall–Kier alpha value is -2.41. The monoisotopic (exact) mass is 332 g/mol. The van der Waals surface area contributed by atoms with Crippen LogP contribution in [-0.4, -0.2) is 16.9 Å². The summed E-state index contributed by atoms with van der Waals surface area (Å²) >= 11 is 1.50. The van der Waals surface area contributed by atoms with Crippen LogP contribution in [0.4, 0.5) is 4.79 Å². The lowest BCUT2D eigenvalue weighted by Gasteiger charge is -2.19. The Morgan fingerprint density at radius 3 is 2.65 bits per heavy atom. The summed E-state index contributed by atoms with van der Waals surface area (Å²) in [7, 11) is 0. The van der Waals surface area contributed by atoms with Gasteiger partial charge in [-0.05, 0) is 25.0 Å². The molecule has 0 saturated carbocycles. The summed E-state index contributed by atoms with van der Waals surface area (Å²) in [5.41, 5.74) is 8.05. The summed E-state index contributed by atoms with van der Waals surface area (Å²) in [6.45, 7) is 4.22. The van der Waals surface area contributed by atoms with E-state index in [1.165, 1.54) is 11.3 Å². The average Bonchev–Trinajstić information content (AvgIpc) is 2.90. The van der Waals surface area contributed by atoms with Gasteiger partial charge >= 0.3 is 6.03 Å². The fourth-order valence-corrected chi connectivity index (χ4v) is 3.02. The Morgan fingerprint density at radius 2 is 2.04 bits per heavy atom. The quantitative estimate of drug-likeness (QED) is 0.756. The average molecular weight is 332 g/mol. The number of benzene rings is 1. The van der Waals surface area contributed by atoms with Crippen molar-refractivity contribution < 1.29 is 9.59 Å². The summed E-state index contributed by atoms with van der Waals surface area (Å²) in [5, 5.41) is 8.25. The van der Waals surface area contributed by atoms with E-state index >= 15 is 0 Å². The van der Waals surface area contributed by atoms with E-state index in [2.05, 4.69) is 15.6 Å². The molecule has 2 rings (SSSR count). The second-order valence-electron chi connectivity index (χ2n) is 5.28. The van der Waals surface area contributed by atoms with E-state index in [0.29, 0.717) is 6.54 Å². The van der Waals surface area contributed by atoms with Gasteiger partial charge in [-0.25, -0.2) is 9.78 Å². The van der Waals surface area contributed by atoms with Gasteiger partial charge in [0.1, 0.15) is 5.01 Å². The van der Waals surface area contributed by atoms with Crippen LogP contribution in [0.15, 0.2) is 29.6 Å². The van der Waals surface area contributed by atoms with Gasteiger partial charge in [-0.2, -0.15) is 0 Å². The number of hydrogen-bond donors (Lipinski definition) is 3. The standard InChI is InChI=1S/C16H20N4O2S/c1-10-5-3-4-6-12(10)13(20-16(17)22)7-14(21)18-8-15-19-11(2)9-23-15/h3-6,9,13H,7-8H2,1-2H3,(H,18,21)(H3,17,20,22)/t13-/m1/s1. The molecule has 0 radical (unpaired) electrons. The largest absolute Gasteiger partial charge is 0.352 e. The molecule has 1 heterocycles. The topological polar surface area (TPSA) is 97.1 Å². The molecule has 0 aliphatic rings. The molecular weight excluding hydrogens is 312 g/mol. The van der Waals surface area contributed by atoms with Crippen LogP contribution in [-0.2, 0) is 11.3 Å². The number of aromatic nitrogens is 1. The molecule has 0 fully saturated rings. The van der Waals surface area contributed by atoms with Crippen molar-refractivity contribution in [3.63, 3.8) is 0 Å². The second-order valence-corrected chi connectivity index (χ2v) is 6.22. The molecule has 1 aromatic heterocycles. The zero-order chi connectivity index (χ0) is 16.8. The molecule has 0 saturated heterocycles.